The number of aryl methyl sites for hydroxylation is 2. The van der Waals surface area contributed by atoms with Crippen LogP contribution in [0.25, 0.3) is 11.0 Å². The molecule has 1 aromatic carbocycles. The number of fused-ring (bicyclic) bond motifs is 2. The molecule has 1 fully saturated rings. The summed E-state index contributed by atoms with van der Waals surface area (Å²) < 4.78 is 5.65. The Morgan fingerprint density at radius 1 is 1.03 bits per heavy atom. The summed E-state index contributed by atoms with van der Waals surface area (Å²) in [5, 5.41) is 8.94. The molecule has 0 unspecified atom stereocenters. The van der Waals surface area contributed by atoms with Crippen molar-refractivity contribution in [1.29, 1.82) is 0 Å². The summed E-state index contributed by atoms with van der Waals surface area (Å²) in [6, 6.07) is 7.69. The molecule has 8 nitrogen and oxygen atoms in total. The van der Waals surface area contributed by atoms with Crippen molar-refractivity contribution in [3.63, 3.8) is 0 Å². The summed E-state index contributed by atoms with van der Waals surface area (Å²) in [6.45, 7) is 4.40. The maximum absolute atomic E-state index is 13.4. The average Bonchev–Trinajstić information content (AvgIpc) is 3.43. The van der Waals surface area contributed by atoms with Gasteiger partial charge in [-0.1, -0.05) is 25.5 Å². The van der Waals surface area contributed by atoms with Gasteiger partial charge in [0.05, 0.1) is 17.1 Å². The van der Waals surface area contributed by atoms with Crippen molar-refractivity contribution in [1.82, 2.24) is 28.8 Å². The summed E-state index contributed by atoms with van der Waals surface area (Å²) in [5.74, 6) is 1.95. The van der Waals surface area contributed by atoms with E-state index in [2.05, 4.69) is 21.7 Å². The first-order valence-electron chi connectivity index (χ1n) is 11.6. The van der Waals surface area contributed by atoms with Gasteiger partial charge in [-0.3, -0.25) is 13.9 Å². The van der Waals surface area contributed by atoms with Gasteiger partial charge in [0.15, 0.2) is 5.82 Å². The van der Waals surface area contributed by atoms with E-state index < -0.39 is 0 Å². The van der Waals surface area contributed by atoms with E-state index in [4.69, 9.17) is 0 Å². The molecule has 31 heavy (non-hydrogen) atoms. The minimum atomic E-state index is -0.108. The van der Waals surface area contributed by atoms with E-state index in [0.717, 1.165) is 67.8 Å². The molecule has 2 aliphatic rings. The standard InChI is InChI=1S/C23H30N6O2/c1-2-13-27-17-9-5-6-10-18(17)29(23(27)31)16-21(30)26-15-8-11-19(26)22-25-24-20-12-4-3-7-14-28(20)22/h5-6,9-10,19H,2-4,7-8,11-16H2,1H3/t19-/m0/s1. The Morgan fingerprint density at radius 3 is 2.65 bits per heavy atom. The Morgan fingerprint density at radius 2 is 1.84 bits per heavy atom. The number of aromatic nitrogens is 5. The van der Waals surface area contributed by atoms with Gasteiger partial charge >= 0.3 is 5.69 Å². The third-order valence-corrected chi connectivity index (χ3v) is 6.68. The van der Waals surface area contributed by atoms with Crippen molar-refractivity contribution in [3.05, 3.63) is 46.4 Å². The van der Waals surface area contributed by atoms with Gasteiger partial charge in [-0.15, -0.1) is 10.2 Å². The normalized spacial score (nSPS) is 19.0. The van der Waals surface area contributed by atoms with E-state index in [9.17, 15) is 9.59 Å². The molecular weight excluding hydrogens is 392 g/mol. The highest BCUT2D eigenvalue weighted by Gasteiger charge is 2.34. The first-order chi connectivity index (χ1) is 15.2. The van der Waals surface area contributed by atoms with Gasteiger partial charge in [0.1, 0.15) is 12.4 Å². The third-order valence-electron chi connectivity index (χ3n) is 6.68. The van der Waals surface area contributed by atoms with Crippen LogP contribution in [0.2, 0.25) is 0 Å². The second kappa shape index (κ2) is 8.32. The molecule has 0 bridgehead atoms. The van der Waals surface area contributed by atoms with E-state index in [0.29, 0.717) is 13.1 Å². The largest absolute Gasteiger partial charge is 0.331 e. The van der Waals surface area contributed by atoms with Crippen LogP contribution in [0.5, 0.6) is 0 Å². The van der Waals surface area contributed by atoms with Crippen LogP contribution >= 0.6 is 0 Å². The molecule has 1 amide bonds. The summed E-state index contributed by atoms with van der Waals surface area (Å²) in [7, 11) is 0. The zero-order valence-corrected chi connectivity index (χ0v) is 18.2. The van der Waals surface area contributed by atoms with Crippen LogP contribution < -0.4 is 5.69 Å². The van der Waals surface area contributed by atoms with Gasteiger partial charge < -0.3 is 9.47 Å². The second-order valence-corrected chi connectivity index (χ2v) is 8.69. The highest BCUT2D eigenvalue weighted by atomic mass is 16.2. The van der Waals surface area contributed by atoms with Crippen molar-refractivity contribution in [2.75, 3.05) is 6.54 Å². The fourth-order valence-corrected chi connectivity index (χ4v) is 5.18. The van der Waals surface area contributed by atoms with Crippen molar-refractivity contribution >= 4 is 16.9 Å². The zero-order valence-electron chi connectivity index (χ0n) is 18.2. The van der Waals surface area contributed by atoms with Gasteiger partial charge in [-0.05, 0) is 44.2 Å². The smallest absolute Gasteiger partial charge is 0.329 e. The fraction of sp³-hybridized carbons (Fsp3) is 0.565. The van der Waals surface area contributed by atoms with Crippen molar-refractivity contribution < 1.29 is 4.79 Å². The van der Waals surface area contributed by atoms with Crippen LogP contribution in [-0.4, -0.2) is 41.3 Å². The molecule has 8 heteroatoms. The van der Waals surface area contributed by atoms with Crippen LogP contribution in [0.15, 0.2) is 29.1 Å². The molecule has 3 aromatic rings. The van der Waals surface area contributed by atoms with Crippen molar-refractivity contribution in [3.8, 4) is 0 Å². The van der Waals surface area contributed by atoms with E-state index in [1.807, 2.05) is 29.2 Å². The van der Waals surface area contributed by atoms with Gasteiger partial charge in [0, 0.05) is 26.1 Å². The predicted octanol–water partition coefficient (Wildman–Crippen LogP) is 2.89. The van der Waals surface area contributed by atoms with Crippen LogP contribution in [0, 0.1) is 0 Å². The summed E-state index contributed by atoms with van der Waals surface area (Å²) in [5.41, 5.74) is 1.60. The lowest BCUT2D eigenvalue weighted by Crippen LogP contribution is -2.37. The lowest BCUT2D eigenvalue weighted by atomic mass is 10.2. The highest BCUT2D eigenvalue weighted by Crippen LogP contribution is 2.32. The van der Waals surface area contributed by atoms with Gasteiger partial charge in [-0.2, -0.15) is 0 Å². The lowest BCUT2D eigenvalue weighted by molar-refractivity contribution is -0.133. The molecular formula is C23H30N6O2. The Kier molecular flexibility index (Phi) is 5.38. The summed E-state index contributed by atoms with van der Waals surface area (Å²) in [4.78, 5) is 28.4. The second-order valence-electron chi connectivity index (χ2n) is 8.69. The Hall–Kier alpha value is -2.90. The van der Waals surface area contributed by atoms with E-state index in [-0.39, 0.29) is 24.2 Å². The van der Waals surface area contributed by atoms with E-state index >= 15 is 0 Å². The van der Waals surface area contributed by atoms with E-state index in [1.165, 1.54) is 6.42 Å². The van der Waals surface area contributed by atoms with Gasteiger partial charge in [0.2, 0.25) is 5.91 Å². The first kappa shape index (κ1) is 20.0. The average molecular weight is 423 g/mol. The number of likely N-dealkylation sites (tertiary alicyclic amines) is 1. The molecule has 2 aliphatic heterocycles. The van der Waals surface area contributed by atoms with Gasteiger partial charge in [0.25, 0.3) is 0 Å². The Balaban J connectivity index is 1.44. The molecule has 0 aliphatic carbocycles. The van der Waals surface area contributed by atoms with Crippen molar-refractivity contribution in [2.45, 2.75) is 77.5 Å². The van der Waals surface area contributed by atoms with Crippen molar-refractivity contribution in [2.24, 2.45) is 0 Å². The minimum absolute atomic E-state index is 0.0185. The molecule has 0 radical (unpaired) electrons. The highest BCUT2D eigenvalue weighted by molar-refractivity contribution is 5.81. The number of hydrogen-bond acceptors (Lipinski definition) is 4. The molecule has 4 heterocycles. The number of para-hydroxylation sites is 2. The molecule has 1 atom stereocenters. The number of hydrogen-bond donors (Lipinski definition) is 0. The number of imidazole rings is 1. The molecule has 164 valence electrons. The Bertz CT molecular complexity index is 1160. The summed E-state index contributed by atoms with van der Waals surface area (Å²) >= 11 is 0. The van der Waals surface area contributed by atoms with Crippen LogP contribution in [-0.2, 0) is 30.8 Å². The van der Waals surface area contributed by atoms with Crippen LogP contribution in [0.4, 0.5) is 0 Å². The van der Waals surface area contributed by atoms with E-state index in [1.54, 1.807) is 9.13 Å². The predicted molar refractivity (Wildman–Crippen MR) is 118 cm³/mol. The maximum Gasteiger partial charge on any atom is 0.329 e. The number of carbonyl (C=O) groups excluding carboxylic acids is 1. The van der Waals surface area contributed by atoms with Crippen LogP contribution in [0.3, 0.4) is 0 Å². The quantitative estimate of drug-likeness (QED) is 0.633. The number of nitrogens with zero attached hydrogens (tertiary/aromatic N) is 6. The monoisotopic (exact) mass is 422 g/mol. The molecule has 5 rings (SSSR count). The molecule has 0 N–H and O–H groups in total. The number of amides is 1. The molecule has 1 saturated heterocycles. The number of carbonyl (C=O) groups is 1. The number of benzene rings is 1. The maximum atomic E-state index is 13.4. The zero-order chi connectivity index (χ0) is 21.4. The first-order valence-corrected chi connectivity index (χ1v) is 11.6. The lowest BCUT2D eigenvalue weighted by Gasteiger charge is -2.25. The fourth-order valence-electron chi connectivity index (χ4n) is 5.18. The Labute approximate surface area is 181 Å². The minimum Gasteiger partial charge on any atom is -0.331 e. The SMILES string of the molecule is CCCn1c(=O)n(CC(=O)N2CCC[C@H]2c2nnc3n2CCCCC3)c2ccccc21. The number of rotatable bonds is 5. The summed E-state index contributed by atoms with van der Waals surface area (Å²) in [6.07, 6.45) is 7.16. The third kappa shape index (κ3) is 3.47. The molecule has 0 saturated carbocycles. The molecule has 2 aromatic heterocycles. The van der Waals surface area contributed by atoms with Crippen LogP contribution in [0.1, 0.15) is 63.1 Å². The molecule has 0 spiro atoms. The van der Waals surface area contributed by atoms with Gasteiger partial charge in [-0.25, -0.2) is 4.79 Å². The topological polar surface area (TPSA) is 78.0 Å².